The SMILES string of the molecule is CN=C(NCc1ccc2c(c1)OCO2)N(C)CCC1CCOCC1. The van der Waals surface area contributed by atoms with Crippen LogP contribution in [0, 0.1) is 5.92 Å². The van der Waals surface area contributed by atoms with E-state index in [1.165, 1.54) is 19.3 Å². The van der Waals surface area contributed by atoms with E-state index in [2.05, 4.69) is 28.3 Å². The van der Waals surface area contributed by atoms with Crippen LogP contribution in [0.4, 0.5) is 0 Å². The van der Waals surface area contributed by atoms with E-state index in [0.29, 0.717) is 13.3 Å². The van der Waals surface area contributed by atoms with Gasteiger partial charge < -0.3 is 24.4 Å². The standard InChI is InChI=1S/C18H27N3O3/c1-19-18(21(2)8-5-14-6-9-22-10-7-14)20-12-15-3-4-16-17(11-15)24-13-23-16/h3-4,11,14H,5-10,12-13H2,1-2H3,(H,19,20). The van der Waals surface area contributed by atoms with E-state index in [0.717, 1.165) is 48.7 Å². The Labute approximate surface area is 143 Å². The molecule has 0 atom stereocenters. The Morgan fingerprint density at radius 3 is 2.83 bits per heavy atom. The highest BCUT2D eigenvalue weighted by Crippen LogP contribution is 2.32. The van der Waals surface area contributed by atoms with Crippen molar-refractivity contribution in [3.63, 3.8) is 0 Å². The van der Waals surface area contributed by atoms with Gasteiger partial charge in [-0.1, -0.05) is 6.07 Å². The van der Waals surface area contributed by atoms with Gasteiger partial charge >= 0.3 is 0 Å². The molecule has 1 aromatic carbocycles. The first-order chi connectivity index (χ1) is 11.8. The highest BCUT2D eigenvalue weighted by molar-refractivity contribution is 5.79. The van der Waals surface area contributed by atoms with Gasteiger partial charge in [-0.15, -0.1) is 0 Å². The molecule has 0 radical (unpaired) electrons. The molecule has 2 heterocycles. The van der Waals surface area contributed by atoms with Crippen molar-refractivity contribution in [3.05, 3.63) is 23.8 Å². The van der Waals surface area contributed by atoms with E-state index in [9.17, 15) is 0 Å². The minimum Gasteiger partial charge on any atom is -0.454 e. The molecule has 0 aliphatic carbocycles. The lowest BCUT2D eigenvalue weighted by molar-refractivity contribution is 0.0625. The molecule has 0 saturated carbocycles. The van der Waals surface area contributed by atoms with Crippen LogP contribution in [-0.4, -0.2) is 51.5 Å². The van der Waals surface area contributed by atoms with Gasteiger partial charge in [0.25, 0.3) is 0 Å². The maximum Gasteiger partial charge on any atom is 0.231 e. The van der Waals surface area contributed by atoms with Gasteiger partial charge in [-0.05, 0) is 42.9 Å². The summed E-state index contributed by atoms with van der Waals surface area (Å²) in [5, 5.41) is 3.42. The maximum absolute atomic E-state index is 5.43. The molecule has 0 amide bonds. The number of hydrogen-bond donors (Lipinski definition) is 1. The zero-order valence-electron chi connectivity index (χ0n) is 14.6. The number of benzene rings is 1. The zero-order chi connectivity index (χ0) is 16.8. The van der Waals surface area contributed by atoms with Crippen LogP contribution in [0.5, 0.6) is 11.5 Å². The molecule has 2 aliphatic rings. The average Bonchev–Trinajstić information content (AvgIpc) is 3.09. The zero-order valence-corrected chi connectivity index (χ0v) is 14.6. The van der Waals surface area contributed by atoms with Gasteiger partial charge in [-0.2, -0.15) is 0 Å². The third-order valence-corrected chi connectivity index (χ3v) is 4.67. The Balaban J connectivity index is 1.47. The predicted octanol–water partition coefficient (Wildman–Crippen LogP) is 2.24. The third kappa shape index (κ3) is 4.32. The van der Waals surface area contributed by atoms with Crippen LogP contribution in [0.2, 0.25) is 0 Å². The fraction of sp³-hybridized carbons (Fsp3) is 0.611. The molecule has 3 rings (SSSR count). The van der Waals surface area contributed by atoms with Gasteiger partial charge in [-0.3, -0.25) is 4.99 Å². The molecule has 24 heavy (non-hydrogen) atoms. The lowest BCUT2D eigenvalue weighted by Gasteiger charge is -2.26. The van der Waals surface area contributed by atoms with Crippen molar-refractivity contribution in [2.24, 2.45) is 10.9 Å². The van der Waals surface area contributed by atoms with Crippen LogP contribution < -0.4 is 14.8 Å². The van der Waals surface area contributed by atoms with Gasteiger partial charge in [0.1, 0.15) is 0 Å². The van der Waals surface area contributed by atoms with Gasteiger partial charge in [0.05, 0.1) is 0 Å². The van der Waals surface area contributed by atoms with Crippen LogP contribution >= 0.6 is 0 Å². The smallest absolute Gasteiger partial charge is 0.231 e. The van der Waals surface area contributed by atoms with E-state index in [1.807, 2.05) is 19.2 Å². The van der Waals surface area contributed by atoms with Crippen molar-refractivity contribution in [1.29, 1.82) is 0 Å². The van der Waals surface area contributed by atoms with Crippen LogP contribution in [0.1, 0.15) is 24.8 Å². The molecule has 0 bridgehead atoms. The summed E-state index contributed by atoms with van der Waals surface area (Å²) in [4.78, 5) is 6.59. The summed E-state index contributed by atoms with van der Waals surface area (Å²) in [6.07, 6.45) is 3.54. The lowest BCUT2D eigenvalue weighted by atomic mass is 9.96. The summed E-state index contributed by atoms with van der Waals surface area (Å²) in [6.45, 7) is 3.84. The Bertz CT molecular complexity index is 571. The highest BCUT2D eigenvalue weighted by atomic mass is 16.7. The molecule has 1 saturated heterocycles. The molecule has 0 aromatic heterocycles. The van der Waals surface area contributed by atoms with Crippen molar-refractivity contribution in [3.8, 4) is 11.5 Å². The van der Waals surface area contributed by atoms with Crippen molar-refractivity contribution >= 4 is 5.96 Å². The van der Waals surface area contributed by atoms with Crippen molar-refractivity contribution < 1.29 is 14.2 Å². The van der Waals surface area contributed by atoms with E-state index < -0.39 is 0 Å². The number of hydrogen-bond acceptors (Lipinski definition) is 4. The Morgan fingerprint density at radius 2 is 2.04 bits per heavy atom. The third-order valence-electron chi connectivity index (χ3n) is 4.67. The molecule has 6 heteroatoms. The lowest BCUT2D eigenvalue weighted by Crippen LogP contribution is -2.39. The second-order valence-corrected chi connectivity index (χ2v) is 6.35. The minimum atomic E-state index is 0.308. The topological polar surface area (TPSA) is 55.3 Å². The fourth-order valence-corrected chi connectivity index (χ4v) is 3.13. The minimum absolute atomic E-state index is 0.308. The number of fused-ring (bicyclic) bond motifs is 1. The number of guanidine groups is 1. The molecular formula is C18H27N3O3. The Kier molecular flexibility index (Phi) is 5.80. The Hall–Kier alpha value is -1.95. The number of nitrogens with zero attached hydrogens (tertiary/aromatic N) is 2. The summed E-state index contributed by atoms with van der Waals surface area (Å²) in [5.74, 6) is 3.32. The summed E-state index contributed by atoms with van der Waals surface area (Å²) in [6, 6.07) is 6.03. The summed E-state index contributed by atoms with van der Waals surface area (Å²) >= 11 is 0. The van der Waals surface area contributed by atoms with E-state index in [1.54, 1.807) is 0 Å². The molecule has 1 aromatic rings. The van der Waals surface area contributed by atoms with E-state index in [4.69, 9.17) is 14.2 Å². The molecule has 6 nitrogen and oxygen atoms in total. The second kappa shape index (κ2) is 8.24. The van der Waals surface area contributed by atoms with Gasteiger partial charge in [0.2, 0.25) is 6.79 Å². The summed E-state index contributed by atoms with van der Waals surface area (Å²) in [7, 11) is 3.92. The molecule has 132 valence electrons. The van der Waals surface area contributed by atoms with Gasteiger partial charge in [0.15, 0.2) is 17.5 Å². The number of nitrogens with one attached hydrogen (secondary N) is 1. The van der Waals surface area contributed by atoms with Crippen molar-refractivity contribution in [1.82, 2.24) is 10.2 Å². The van der Waals surface area contributed by atoms with Gasteiger partial charge in [0, 0.05) is 40.4 Å². The van der Waals surface area contributed by atoms with Crippen LogP contribution in [-0.2, 0) is 11.3 Å². The van der Waals surface area contributed by atoms with E-state index in [-0.39, 0.29) is 0 Å². The monoisotopic (exact) mass is 333 g/mol. The summed E-state index contributed by atoms with van der Waals surface area (Å²) < 4.78 is 16.2. The van der Waals surface area contributed by atoms with Crippen molar-refractivity contribution in [2.75, 3.05) is 40.6 Å². The second-order valence-electron chi connectivity index (χ2n) is 6.35. The van der Waals surface area contributed by atoms with Crippen molar-refractivity contribution in [2.45, 2.75) is 25.8 Å². The van der Waals surface area contributed by atoms with Gasteiger partial charge in [-0.25, -0.2) is 0 Å². The molecule has 1 fully saturated rings. The molecule has 0 spiro atoms. The molecule has 2 aliphatic heterocycles. The van der Waals surface area contributed by atoms with E-state index >= 15 is 0 Å². The molecule has 1 N–H and O–H groups in total. The number of aliphatic imine (C=N–C) groups is 1. The van der Waals surface area contributed by atoms with Crippen LogP contribution in [0.3, 0.4) is 0 Å². The quantitative estimate of drug-likeness (QED) is 0.661. The predicted molar refractivity (Wildman–Crippen MR) is 93.6 cm³/mol. The largest absolute Gasteiger partial charge is 0.454 e. The normalized spacial score (nSPS) is 17.8. The molecular weight excluding hydrogens is 306 g/mol. The van der Waals surface area contributed by atoms with Crippen LogP contribution in [0.25, 0.3) is 0 Å². The van der Waals surface area contributed by atoms with Crippen LogP contribution in [0.15, 0.2) is 23.2 Å². The number of rotatable bonds is 5. The summed E-state index contributed by atoms with van der Waals surface area (Å²) in [5.41, 5.74) is 1.15. The average molecular weight is 333 g/mol. The first-order valence-corrected chi connectivity index (χ1v) is 8.64. The fourth-order valence-electron chi connectivity index (χ4n) is 3.13. The number of ether oxygens (including phenoxy) is 3. The maximum atomic E-state index is 5.43. The molecule has 0 unspecified atom stereocenters. The Morgan fingerprint density at radius 1 is 1.25 bits per heavy atom. The first kappa shape index (κ1) is 16.9. The first-order valence-electron chi connectivity index (χ1n) is 8.64. The highest BCUT2D eigenvalue weighted by Gasteiger charge is 2.16.